The van der Waals surface area contributed by atoms with Gasteiger partial charge in [0.25, 0.3) is 0 Å². The number of nitrogens with one attached hydrogen (secondary N) is 1. The van der Waals surface area contributed by atoms with Gasteiger partial charge in [-0.15, -0.1) is 0 Å². The monoisotopic (exact) mass is 395 g/mol. The number of hydrogen-bond donors (Lipinski definition) is 1. The summed E-state index contributed by atoms with van der Waals surface area (Å²) in [6.45, 7) is 7.71. The van der Waals surface area contributed by atoms with Gasteiger partial charge in [0.05, 0.1) is 12.8 Å². The molecule has 0 fully saturated rings. The highest BCUT2D eigenvalue weighted by Crippen LogP contribution is 2.24. The minimum absolute atomic E-state index is 0.421. The van der Waals surface area contributed by atoms with Crippen molar-refractivity contribution < 1.29 is 14.3 Å². The molecular weight excluding hydrogens is 370 g/mol. The van der Waals surface area contributed by atoms with Crippen LogP contribution < -0.4 is 5.32 Å². The Hall–Kier alpha value is -3.26. The summed E-state index contributed by atoms with van der Waals surface area (Å²) in [4.78, 5) is 20.8. The fraction of sp³-hybridized carbons (Fsp3) is 0.333. The van der Waals surface area contributed by atoms with Crippen LogP contribution in [0, 0.1) is 6.92 Å². The van der Waals surface area contributed by atoms with Gasteiger partial charge in [0, 0.05) is 36.3 Å². The molecule has 1 aromatic carbocycles. The smallest absolute Gasteiger partial charge is 0.435 e. The lowest BCUT2D eigenvalue weighted by Gasteiger charge is -2.18. The number of benzene rings is 1. The van der Waals surface area contributed by atoms with Crippen LogP contribution in [0.4, 0.5) is 16.3 Å². The molecule has 0 atom stereocenters. The van der Waals surface area contributed by atoms with E-state index in [-0.39, 0.29) is 0 Å². The molecule has 0 aliphatic rings. The van der Waals surface area contributed by atoms with Crippen molar-refractivity contribution >= 4 is 17.6 Å². The molecule has 1 N–H and O–H groups in total. The first-order valence-electron chi connectivity index (χ1n) is 9.22. The second kappa shape index (κ2) is 8.40. The zero-order valence-corrected chi connectivity index (χ0v) is 17.3. The molecule has 2 heterocycles. The lowest BCUT2D eigenvalue weighted by molar-refractivity contribution is 0.0514. The number of aryl methyl sites for hydroxylation is 1. The first-order chi connectivity index (χ1) is 13.7. The van der Waals surface area contributed by atoms with Gasteiger partial charge in [-0.1, -0.05) is 12.1 Å². The number of aromatic nitrogens is 4. The quantitative estimate of drug-likeness (QED) is 0.688. The van der Waals surface area contributed by atoms with E-state index < -0.39 is 11.7 Å². The SMILES string of the molecule is COCc1cnc(C)nc1Nc1ccc(-c2cnn(C(=O)OC(C)(C)C)c2)cc1. The average Bonchev–Trinajstić information content (AvgIpc) is 3.14. The topological polar surface area (TPSA) is 91.2 Å². The summed E-state index contributed by atoms with van der Waals surface area (Å²) < 4.78 is 11.7. The molecule has 8 nitrogen and oxygen atoms in total. The highest BCUT2D eigenvalue weighted by Gasteiger charge is 2.18. The summed E-state index contributed by atoms with van der Waals surface area (Å²) in [7, 11) is 1.63. The lowest BCUT2D eigenvalue weighted by Crippen LogP contribution is -2.27. The maximum atomic E-state index is 12.1. The molecule has 152 valence electrons. The summed E-state index contributed by atoms with van der Waals surface area (Å²) >= 11 is 0. The molecule has 2 aromatic heterocycles. The predicted molar refractivity (Wildman–Crippen MR) is 110 cm³/mol. The van der Waals surface area contributed by atoms with Crippen LogP contribution in [0.15, 0.2) is 42.9 Å². The van der Waals surface area contributed by atoms with Gasteiger partial charge in [0.15, 0.2) is 0 Å². The number of rotatable bonds is 5. The Bertz CT molecular complexity index is 990. The summed E-state index contributed by atoms with van der Waals surface area (Å²) in [5.74, 6) is 1.39. The highest BCUT2D eigenvalue weighted by atomic mass is 16.6. The minimum atomic E-state index is -0.572. The number of nitrogens with zero attached hydrogens (tertiary/aromatic N) is 4. The maximum Gasteiger partial charge on any atom is 0.435 e. The molecular formula is C21H25N5O3. The third kappa shape index (κ3) is 5.39. The van der Waals surface area contributed by atoms with E-state index in [4.69, 9.17) is 9.47 Å². The largest absolute Gasteiger partial charge is 0.442 e. The van der Waals surface area contributed by atoms with E-state index >= 15 is 0 Å². The van der Waals surface area contributed by atoms with E-state index in [0.717, 1.165) is 22.4 Å². The zero-order valence-electron chi connectivity index (χ0n) is 17.3. The van der Waals surface area contributed by atoms with Crippen molar-refractivity contribution in [3.05, 3.63) is 54.2 Å². The molecule has 0 aliphatic carbocycles. The highest BCUT2D eigenvalue weighted by molar-refractivity contribution is 5.73. The van der Waals surface area contributed by atoms with Crippen LogP contribution in [0.5, 0.6) is 0 Å². The number of methoxy groups -OCH3 is 1. The molecule has 29 heavy (non-hydrogen) atoms. The van der Waals surface area contributed by atoms with Gasteiger partial charge in [-0.3, -0.25) is 0 Å². The Balaban J connectivity index is 1.75. The van der Waals surface area contributed by atoms with Crippen molar-refractivity contribution in [2.45, 2.75) is 39.9 Å². The van der Waals surface area contributed by atoms with Crippen LogP contribution >= 0.6 is 0 Å². The third-order valence-electron chi connectivity index (χ3n) is 3.93. The van der Waals surface area contributed by atoms with Gasteiger partial charge in [-0.2, -0.15) is 9.78 Å². The molecule has 0 saturated heterocycles. The number of ether oxygens (including phenoxy) is 2. The van der Waals surface area contributed by atoms with Crippen LogP contribution in [0.2, 0.25) is 0 Å². The van der Waals surface area contributed by atoms with E-state index in [9.17, 15) is 4.79 Å². The third-order valence-corrected chi connectivity index (χ3v) is 3.93. The van der Waals surface area contributed by atoms with Gasteiger partial charge in [-0.25, -0.2) is 14.8 Å². The van der Waals surface area contributed by atoms with Crippen molar-refractivity contribution in [3.8, 4) is 11.1 Å². The summed E-state index contributed by atoms with van der Waals surface area (Å²) in [5.41, 5.74) is 2.93. The van der Waals surface area contributed by atoms with Crippen LogP contribution in [0.25, 0.3) is 11.1 Å². The first-order valence-corrected chi connectivity index (χ1v) is 9.22. The van der Waals surface area contributed by atoms with E-state index in [0.29, 0.717) is 18.2 Å². The molecule has 0 bridgehead atoms. The van der Waals surface area contributed by atoms with Crippen molar-refractivity contribution in [2.75, 3.05) is 12.4 Å². The van der Waals surface area contributed by atoms with Crippen LogP contribution in [0.3, 0.4) is 0 Å². The Labute approximate surface area is 169 Å². The maximum absolute atomic E-state index is 12.1. The Morgan fingerprint density at radius 1 is 1.14 bits per heavy atom. The summed E-state index contributed by atoms with van der Waals surface area (Å²) in [5, 5.41) is 7.40. The van der Waals surface area contributed by atoms with Crippen molar-refractivity contribution in [3.63, 3.8) is 0 Å². The molecule has 3 rings (SSSR count). The van der Waals surface area contributed by atoms with Crippen LogP contribution in [-0.2, 0) is 16.1 Å². The molecule has 0 radical (unpaired) electrons. The fourth-order valence-corrected chi connectivity index (χ4v) is 2.63. The van der Waals surface area contributed by atoms with Crippen LogP contribution in [-0.4, -0.2) is 38.6 Å². The number of carbonyl (C=O) groups is 1. The van der Waals surface area contributed by atoms with E-state index in [1.165, 1.54) is 4.68 Å². The van der Waals surface area contributed by atoms with Crippen LogP contribution in [0.1, 0.15) is 32.2 Å². The minimum Gasteiger partial charge on any atom is -0.442 e. The van der Waals surface area contributed by atoms with Gasteiger partial charge in [-0.05, 0) is 45.4 Å². The summed E-state index contributed by atoms with van der Waals surface area (Å²) in [6.07, 6.45) is 4.54. The molecule has 0 saturated carbocycles. The van der Waals surface area contributed by atoms with E-state index in [1.807, 2.05) is 52.0 Å². The van der Waals surface area contributed by atoms with Gasteiger partial charge in [0.1, 0.15) is 17.2 Å². The standard InChI is InChI=1S/C21H25N5O3/c1-14-22-10-17(13-28-5)19(24-14)25-18-8-6-15(7-9-18)16-11-23-26(12-16)20(27)29-21(2,3)4/h6-12H,13H2,1-5H3,(H,22,24,25). The number of hydrogen-bond acceptors (Lipinski definition) is 7. The van der Waals surface area contributed by atoms with Crippen molar-refractivity contribution in [2.24, 2.45) is 0 Å². The van der Waals surface area contributed by atoms with Crippen molar-refractivity contribution in [1.82, 2.24) is 19.7 Å². The van der Waals surface area contributed by atoms with E-state index in [1.54, 1.807) is 25.7 Å². The fourth-order valence-electron chi connectivity index (χ4n) is 2.63. The van der Waals surface area contributed by atoms with Crippen molar-refractivity contribution in [1.29, 1.82) is 0 Å². The van der Waals surface area contributed by atoms with Gasteiger partial charge >= 0.3 is 6.09 Å². The Kier molecular flexibility index (Phi) is 5.93. The van der Waals surface area contributed by atoms with Gasteiger partial charge in [0.2, 0.25) is 0 Å². The lowest BCUT2D eigenvalue weighted by atomic mass is 10.1. The summed E-state index contributed by atoms with van der Waals surface area (Å²) in [6, 6.07) is 7.77. The predicted octanol–water partition coefficient (Wildman–Crippen LogP) is 4.32. The Morgan fingerprint density at radius 3 is 2.52 bits per heavy atom. The second-order valence-corrected chi connectivity index (χ2v) is 7.58. The molecule has 0 spiro atoms. The van der Waals surface area contributed by atoms with Gasteiger partial charge < -0.3 is 14.8 Å². The first kappa shape index (κ1) is 20.5. The van der Waals surface area contributed by atoms with E-state index in [2.05, 4.69) is 20.4 Å². The molecule has 0 amide bonds. The number of anilines is 2. The normalized spacial score (nSPS) is 11.3. The zero-order chi connectivity index (χ0) is 21.0. The number of carbonyl (C=O) groups excluding carboxylic acids is 1. The molecule has 3 aromatic rings. The molecule has 0 unspecified atom stereocenters. The average molecular weight is 395 g/mol. The Morgan fingerprint density at radius 2 is 1.86 bits per heavy atom. The molecule has 0 aliphatic heterocycles. The second-order valence-electron chi connectivity index (χ2n) is 7.58. The molecule has 8 heteroatoms.